The van der Waals surface area contributed by atoms with E-state index in [1.165, 1.54) is 23.0 Å². The molecular weight excluding hydrogens is 286 g/mol. The summed E-state index contributed by atoms with van der Waals surface area (Å²) in [5.74, 6) is 0. The first kappa shape index (κ1) is 15.4. The zero-order valence-electron chi connectivity index (χ0n) is 13.5. The van der Waals surface area contributed by atoms with Crippen LogP contribution in [0.1, 0.15) is 18.0 Å². The Morgan fingerprint density at radius 2 is 1.78 bits per heavy atom. The maximum Gasteiger partial charge on any atom is 0.162 e. The van der Waals surface area contributed by atoms with Crippen molar-refractivity contribution in [2.75, 3.05) is 20.6 Å². The van der Waals surface area contributed by atoms with E-state index in [0.29, 0.717) is 0 Å². The van der Waals surface area contributed by atoms with E-state index < -0.39 is 0 Å². The molecule has 0 N–H and O–H groups in total. The molecule has 0 saturated carbocycles. The Morgan fingerprint density at radius 1 is 1.00 bits per heavy atom. The second kappa shape index (κ2) is 7.15. The molecule has 0 bridgehead atoms. The quantitative estimate of drug-likeness (QED) is 0.702. The highest BCUT2D eigenvalue weighted by atomic mass is 15.6. The monoisotopic (exact) mass is 307 g/mol. The minimum absolute atomic E-state index is 0.0866. The van der Waals surface area contributed by atoms with Crippen molar-refractivity contribution in [1.29, 1.82) is 0 Å². The van der Waals surface area contributed by atoms with Gasteiger partial charge in [-0.25, -0.2) is 0 Å². The third-order valence-corrected chi connectivity index (χ3v) is 3.87. The van der Waals surface area contributed by atoms with Crippen molar-refractivity contribution in [3.63, 3.8) is 0 Å². The summed E-state index contributed by atoms with van der Waals surface area (Å²) in [7, 11) is 4.15. The molecule has 0 radical (unpaired) electrons. The number of tetrazole rings is 1. The maximum atomic E-state index is 4.25. The van der Waals surface area contributed by atoms with Gasteiger partial charge in [-0.1, -0.05) is 48.5 Å². The summed E-state index contributed by atoms with van der Waals surface area (Å²) in [6.45, 7) is 0.960. The predicted octanol–water partition coefficient (Wildman–Crippen LogP) is 2.88. The molecule has 1 heterocycles. The zero-order chi connectivity index (χ0) is 16.1. The lowest BCUT2D eigenvalue weighted by atomic mass is 9.98. The summed E-state index contributed by atoms with van der Waals surface area (Å²) >= 11 is 0. The molecule has 0 spiro atoms. The van der Waals surface area contributed by atoms with Crippen LogP contribution < -0.4 is 0 Å². The van der Waals surface area contributed by atoms with E-state index in [0.717, 1.165) is 13.0 Å². The third-order valence-electron chi connectivity index (χ3n) is 3.87. The van der Waals surface area contributed by atoms with Crippen LogP contribution in [0.5, 0.6) is 0 Å². The minimum Gasteiger partial charge on any atom is -0.309 e. The van der Waals surface area contributed by atoms with Crippen LogP contribution in [0.3, 0.4) is 0 Å². The van der Waals surface area contributed by atoms with Crippen LogP contribution in [0.15, 0.2) is 60.9 Å². The van der Waals surface area contributed by atoms with Crippen molar-refractivity contribution < 1.29 is 0 Å². The lowest BCUT2D eigenvalue weighted by molar-refractivity contribution is 0.339. The molecule has 0 aliphatic heterocycles. The van der Waals surface area contributed by atoms with Crippen LogP contribution in [0.25, 0.3) is 11.1 Å². The lowest BCUT2D eigenvalue weighted by Crippen LogP contribution is -2.21. The number of hydrogen-bond donors (Lipinski definition) is 0. The normalized spacial score (nSPS) is 12.5. The Labute approximate surface area is 136 Å². The molecule has 1 aromatic heterocycles. The van der Waals surface area contributed by atoms with Gasteiger partial charge in [-0.15, -0.1) is 10.2 Å². The first-order valence-electron chi connectivity index (χ1n) is 7.76. The van der Waals surface area contributed by atoms with Crippen LogP contribution in [0, 0.1) is 0 Å². The topological polar surface area (TPSA) is 46.8 Å². The molecule has 23 heavy (non-hydrogen) atoms. The largest absolute Gasteiger partial charge is 0.309 e. The van der Waals surface area contributed by atoms with Crippen molar-refractivity contribution in [1.82, 2.24) is 25.1 Å². The van der Waals surface area contributed by atoms with Crippen molar-refractivity contribution in [2.24, 2.45) is 0 Å². The van der Waals surface area contributed by atoms with Gasteiger partial charge in [0.2, 0.25) is 0 Å². The summed E-state index contributed by atoms with van der Waals surface area (Å²) in [6.07, 6.45) is 2.42. The Bertz CT molecular complexity index is 722. The fraction of sp³-hybridized carbons (Fsp3) is 0.278. The van der Waals surface area contributed by atoms with E-state index in [1.54, 1.807) is 4.80 Å². The van der Waals surface area contributed by atoms with Crippen LogP contribution in [0.2, 0.25) is 0 Å². The van der Waals surface area contributed by atoms with Gasteiger partial charge in [0, 0.05) is 0 Å². The molecule has 0 amide bonds. The predicted molar refractivity (Wildman–Crippen MR) is 91.0 cm³/mol. The van der Waals surface area contributed by atoms with E-state index in [4.69, 9.17) is 0 Å². The third kappa shape index (κ3) is 3.81. The van der Waals surface area contributed by atoms with Crippen molar-refractivity contribution in [2.45, 2.75) is 12.5 Å². The molecule has 118 valence electrons. The molecule has 0 fully saturated rings. The van der Waals surface area contributed by atoms with Gasteiger partial charge in [-0.2, -0.15) is 4.80 Å². The average Bonchev–Trinajstić information content (AvgIpc) is 3.10. The minimum atomic E-state index is 0.0866. The first-order valence-corrected chi connectivity index (χ1v) is 7.76. The van der Waals surface area contributed by atoms with Gasteiger partial charge >= 0.3 is 0 Å². The van der Waals surface area contributed by atoms with Crippen LogP contribution in [-0.2, 0) is 0 Å². The molecular formula is C18H21N5. The number of aromatic nitrogens is 4. The smallest absolute Gasteiger partial charge is 0.162 e. The van der Waals surface area contributed by atoms with Crippen LogP contribution in [0.4, 0.5) is 0 Å². The second-order valence-corrected chi connectivity index (χ2v) is 5.86. The van der Waals surface area contributed by atoms with Crippen molar-refractivity contribution in [3.8, 4) is 11.1 Å². The van der Waals surface area contributed by atoms with E-state index in [-0.39, 0.29) is 6.04 Å². The SMILES string of the molecule is CN(C)CCC(c1cccc(-c2ccccc2)c1)n1ncnn1. The Hall–Kier alpha value is -2.53. The molecule has 5 heteroatoms. The fourth-order valence-electron chi connectivity index (χ4n) is 2.67. The molecule has 2 aromatic carbocycles. The first-order chi connectivity index (χ1) is 11.2. The number of benzene rings is 2. The summed E-state index contributed by atoms with van der Waals surface area (Å²) in [6, 6.07) is 19.1. The summed E-state index contributed by atoms with van der Waals surface area (Å²) in [5.41, 5.74) is 3.62. The summed E-state index contributed by atoms with van der Waals surface area (Å²) in [4.78, 5) is 3.87. The molecule has 0 aliphatic carbocycles. The van der Waals surface area contributed by atoms with Crippen LogP contribution >= 0.6 is 0 Å². The molecule has 3 aromatic rings. The fourth-order valence-corrected chi connectivity index (χ4v) is 2.67. The molecule has 0 saturated heterocycles. The van der Waals surface area contributed by atoms with Gasteiger partial charge in [0.25, 0.3) is 0 Å². The van der Waals surface area contributed by atoms with E-state index in [1.807, 2.05) is 6.07 Å². The summed E-state index contributed by atoms with van der Waals surface area (Å²) in [5, 5.41) is 12.2. The summed E-state index contributed by atoms with van der Waals surface area (Å²) < 4.78 is 0. The number of rotatable bonds is 6. The van der Waals surface area contributed by atoms with E-state index in [2.05, 4.69) is 82.9 Å². The van der Waals surface area contributed by atoms with Gasteiger partial charge in [0.05, 0.1) is 6.04 Å². The van der Waals surface area contributed by atoms with Gasteiger partial charge in [0.1, 0.15) is 0 Å². The van der Waals surface area contributed by atoms with Gasteiger partial charge in [-0.3, -0.25) is 0 Å². The standard InChI is InChI=1S/C18H21N5/c1-22(2)12-11-18(23-20-14-19-21-23)17-10-6-9-16(13-17)15-7-4-3-5-8-15/h3-10,13-14,18H,11-12H2,1-2H3. The highest BCUT2D eigenvalue weighted by molar-refractivity contribution is 5.64. The van der Waals surface area contributed by atoms with Crippen molar-refractivity contribution >= 4 is 0 Å². The average molecular weight is 307 g/mol. The lowest BCUT2D eigenvalue weighted by Gasteiger charge is -2.19. The Morgan fingerprint density at radius 3 is 2.48 bits per heavy atom. The molecule has 1 unspecified atom stereocenters. The second-order valence-electron chi connectivity index (χ2n) is 5.86. The highest BCUT2D eigenvalue weighted by Gasteiger charge is 2.16. The maximum absolute atomic E-state index is 4.25. The van der Waals surface area contributed by atoms with Crippen molar-refractivity contribution in [3.05, 3.63) is 66.5 Å². The molecule has 1 atom stereocenters. The Kier molecular flexibility index (Phi) is 4.78. The van der Waals surface area contributed by atoms with Gasteiger partial charge in [-0.05, 0) is 55.0 Å². The number of nitrogens with zero attached hydrogens (tertiary/aromatic N) is 5. The molecule has 0 aliphatic rings. The van der Waals surface area contributed by atoms with Crippen LogP contribution in [-0.4, -0.2) is 45.7 Å². The van der Waals surface area contributed by atoms with E-state index in [9.17, 15) is 0 Å². The van der Waals surface area contributed by atoms with E-state index >= 15 is 0 Å². The zero-order valence-corrected chi connectivity index (χ0v) is 13.5. The number of hydrogen-bond acceptors (Lipinski definition) is 4. The van der Waals surface area contributed by atoms with Gasteiger partial charge < -0.3 is 4.90 Å². The highest BCUT2D eigenvalue weighted by Crippen LogP contribution is 2.26. The van der Waals surface area contributed by atoms with Gasteiger partial charge in [0.15, 0.2) is 6.33 Å². The molecule has 3 rings (SSSR count). The molecule has 5 nitrogen and oxygen atoms in total. The Balaban J connectivity index is 1.93.